The molecule has 2 N–H and O–H groups in total. The number of aromatic nitrogens is 4. The molecule has 0 aliphatic rings. The van der Waals surface area contributed by atoms with Gasteiger partial charge >= 0.3 is 0 Å². The van der Waals surface area contributed by atoms with Crippen molar-refractivity contribution in [2.45, 2.75) is 31.5 Å². The molecule has 0 aromatic carbocycles. The van der Waals surface area contributed by atoms with E-state index in [0.717, 1.165) is 39.5 Å². The first-order valence-corrected chi connectivity index (χ1v) is 8.81. The molecule has 0 fully saturated rings. The summed E-state index contributed by atoms with van der Waals surface area (Å²) < 4.78 is 2.54. The number of carbonyl (C=O) groups is 1. The number of anilines is 2. The zero-order chi connectivity index (χ0) is 16.1. The number of thioether (sulfide) groups is 1. The minimum absolute atomic E-state index is 0.0672. The maximum atomic E-state index is 12.1. The Kier molecular flexibility index (Phi) is 5.78. The fourth-order valence-electron chi connectivity index (χ4n) is 1.83. The normalized spacial score (nSPS) is 10.7. The van der Waals surface area contributed by atoms with Gasteiger partial charge in [0.15, 0.2) is 4.34 Å². The molecule has 0 aliphatic carbocycles. The number of carbonyl (C=O) groups excluding carboxylic acids is 1. The van der Waals surface area contributed by atoms with Gasteiger partial charge in [0, 0.05) is 13.6 Å². The van der Waals surface area contributed by atoms with Crippen LogP contribution in [0.4, 0.5) is 10.8 Å². The summed E-state index contributed by atoms with van der Waals surface area (Å²) in [6.45, 7) is 6.78. The van der Waals surface area contributed by atoms with Crippen LogP contribution in [0.5, 0.6) is 0 Å². The molecule has 9 heteroatoms. The molecule has 22 heavy (non-hydrogen) atoms. The minimum atomic E-state index is -0.0672. The Morgan fingerprint density at radius 1 is 1.36 bits per heavy atom. The van der Waals surface area contributed by atoms with Gasteiger partial charge in [-0.25, -0.2) is 0 Å². The number of hydrogen-bond acceptors (Lipinski definition) is 7. The zero-order valence-electron chi connectivity index (χ0n) is 13.1. The number of aryl methyl sites for hydroxylation is 2. The fourth-order valence-corrected chi connectivity index (χ4v) is 3.41. The van der Waals surface area contributed by atoms with Crippen LogP contribution in [-0.4, -0.2) is 38.2 Å². The van der Waals surface area contributed by atoms with Crippen LogP contribution in [0.15, 0.2) is 4.34 Å². The lowest BCUT2D eigenvalue weighted by Gasteiger charge is -2.04. The van der Waals surface area contributed by atoms with E-state index in [1.165, 1.54) is 23.1 Å². The molecule has 0 aliphatic heterocycles. The molecule has 0 saturated carbocycles. The van der Waals surface area contributed by atoms with E-state index in [0.29, 0.717) is 5.75 Å². The van der Waals surface area contributed by atoms with E-state index >= 15 is 0 Å². The first kappa shape index (κ1) is 16.8. The van der Waals surface area contributed by atoms with Crippen LogP contribution >= 0.6 is 23.1 Å². The van der Waals surface area contributed by atoms with Crippen molar-refractivity contribution in [3.8, 4) is 0 Å². The molecule has 0 spiro atoms. The maximum Gasteiger partial charge on any atom is 0.234 e. The van der Waals surface area contributed by atoms with Gasteiger partial charge in [-0.2, -0.15) is 5.10 Å². The molecule has 0 unspecified atom stereocenters. The van der Waals surface area contributed by atoms with Gasteiger partial charge in [0.1, 0.15) is 0 Å². The second kappa shape index (κ2) is 7.59. The number of hydrogen-bond donors (Lipinski definition) is 2. The van der Waals surface area contributed by atoms with Crippen molar-refractivity contribution in [1.29, 1.82) is 0 Å². The van der Waals surface area contributed by atoms with Crippen molar-refractivity contribution < 1.29 is 4.79 Å². The Morgan fingerprint density at radius 2 is 2.14 bits per heavy atom. The number of nitrogens with zero attached hydrogens (tertiary/aromatic N) is 4. The SMILES string of the molecule is CCCNc1nnc(SCC(=O)Nc2c(C)nn(C)c2C)s1. The lowest BCUT2D eigenvalue weighted by atomic mass is 10.3. The third-order valence-corrected chi connectivity index (χ3v) is 5.05. The average molecular weight is 340 g/mol. The van der Waals surface area contributed by atoms with E-state index in [9.17, 15) is 4.79 Å². The monoisotopic (exact) mass is 340 g/mol. The van der Waals surface area contributed by atoms with E-state index in [2.05, 4.69) is 32.9 Å². The van der Waals surface area contributed by atoms with Crippen molar-refractivity contribution in [1.82, 2.24) is 20.0 Å². The van der Waals surface area contributed by atoms with Crippen LogP contribution in [0.3, 0.4) is 0 Å². The molecule has 2 aromatic rings. The summed E-state index contributed by atoms with van der Waals surface area (Å²) in [5, 5.41) is 19.3. The van der Waals surface area contributed by atoms with Gasteiger partial charge in [0.25, 0.3) is 0 Å². The van der Waals surface area contributed by atoms with Crippen molar-refractivity contribution >= 4 is 39.8 Å². The first-order chi connectivity index (χ1) is 10.5. The van der Waals surface area contributed by atoms with Crippen molar-refractivity contribution in [2.24, 2.45) is 7.05 Å². The Hall–Kier alpha value is -1.61. The number of amides is 1. The lowest BCUT2D eigenvalue weighted by molar-refractivity contribution is -0.113. The summed E-state index contributed by atoms with van der Waals surface area (Å²) in [5.41, 5.74) is 2.55. The van der Waals surface area contributed by atoms with Gasteiger partial charge in [-0.1, -0.05) is 30.0 Å². The van der Waals surface area contributed by atoms with E-state index in [4.69, 9.17) is 0 Å². The highest BCUT2D eigenvalue weighted by Crippen LogP contribution is 2.26. The summed E-state index contributed by atoms with van der Waals surface area (Å²) in [5.74, 6) is 0.235. The maximum absolute atomic E-state index is 12.1. The third kappa shape index (κ3) is 4.20. The van der Waals surface area contributed by atoms with E-state index < -0.39 is 0 Å². The molecule has 2 heterocycles. The molecular formula is C13H20N6OS2. The predicted octanol–water partition coefficient (Wildman–Crippen LogP) is 2.44. The van der Waals surface area contributed by atoms with Crippen LogP contribution in [0.1, 0.15) is 24.7 Å². The van der Waals surface area contributed by atoms with E-state index in [1.54, 1.807) is 4.68 Å². The second-order valence-electron chi connectivity index (χ2n) is 4.81. The Balaban J connectivity index is 1.86. The highest BCUT2D eigenvalue weighted by molar-refractivity contribution is 8.01. The van der Waals surface area contributed by atoms with Crippen molar-refractivity contribution in [3.05, 3.63) is 11.4 Å². The lowest BCUT2D eigenvalue weighted by Crippen LogP contribution is -2.15. The molecule has 2 aromatic heterocycles. The Morgan fingerprint density at radius 3 is 2.77 bits per heavy atom. The van der Waals surface area contributed by atoms with Crippen LogP contribution in [0, 0.1) is 13.8 Å². The molecule has 1 amide bonds. The predicted molar refractivity (Wildman–Crippen MR) is 90.7 cm³/mol. The molecule has 2 rings (SSSR count). The molecule has 120 valence electrons. The largest absolute Gasteiger partial charge is 0.360 e. The standard InChI is InChI=1S/C13H20N6OS2/c1-5-6-14-12-16-17-13(22-12)21-7-10(20)15-11-8(2)18-19(4)9(11)3/h5-7H2,1-4H3,(H,14,16)(H,15,20). The molecule has 0 radical (unpaired) electrons. The van der Waals surface area contributed by atoms with Crippen molar-refractivity contribution in [2.75, 3.05) is 22.9 Å². The molecule has 0 bridgehead atoms. The van der Waals surface area contributed by atoms with Gasteiger partial charge in [-0.05, 0) is 20.3 Å². The van der Waals surface area contributed by atoms with E-state index in [-0.39, 0.29) is 5.91 Å². The number of nitrogens with one attached hydrogen (secondary N) is 2. The fraction of sp³-hybridized carbons (Fsp3) is 0.538. The summed E-state index contributed by atoms with van der Waals surface area (Å²) in [6.07, 6.45) is 1.04. The summed E-state index contributed by atoms with van der Waals surface area (Å²) >= 11 is 2.85. The first-order valence-electron chi connectivity index (χ1n) is 7.01. The van der Waals surface area contributed by atoms with Crippen molar-refractivity contribution in [3.63, 3.8) is 0 Å². The summed E-state index contributed by atoms with van der Waals surface area (Å²) in [4.78, 5) is 12.1. The molecule has 0 atom stereocenters. The average Bonchev–Trinajstić information content (AvgIpc) is 3.03. The quantitative estimate of drug-likeness (QED) is 0.753. The minimum Gasteiger partial charge on any atom is -0.360 e. The van der Waals surface area contributed by atoms with E-state index in [1.807, 2.05) is 20.9 Å². The van der Waals surface area contributed by atoms with Gasteiger partial charge in [-0.3, -0.25) is 9.48 Å². The number of rotatable bonds is 7. The summed E-state index contributed by atoms with van der Waals surface area (Å²) in [6, 6.07) is 0. The third-order valence-electron chi connectivity index (χ3n) is 3.03. The zero-order valence-corrected chi connectivity index (χ0v) is 14.8. The van der Waals surface area contributed by atoms with Gasteiger partial charge in [0.2, 0.25) is 11.0 Å². The summed E-state index contributed by atoms with van der Waals surface area (Å²) in [7, 11) is 1.86. The Labute approximate surface area is 137 Å². The highest BCUT2D eigenvalue weighted by Gasteiger charge is 2.13. The van der Waals surface area contributed by atoms with Crippen LogP contribution in [-0.2, 0) is 11.8 Å². The highest BCUT2D eigenvalue weighted by atomic mass is 32.2. The smallest absolute Gasteiger partial charge is 0.234 e. The molecular weight excluding hydrogens is 320 g/mol. The van der Waals surface area contributed by atoms with Crippen LogP contribution in [0.25, 0.3) is 0 Å². The topological polar surface area (TPSA) is 84.7 Å². The molecule has 7 nitrogen and oxygen atoms in total. The Bertz CT molecular complexity index is 651. The van der Waals surface area contributed by atoms with Crippen LogP contribution < -0.4 is 10.6 Å². The van der Waals surface area contributed by atoms with Gasteiger partial charge in [0.05, 0.1) is 22.8 Å². The molecule has 0 saturated heterocycles. The van der Waals surface area contributed by atoms with Gasteiger partial charge < -0.3 is 10.6 Å². The van der Waals surface area contributed by atoms with Crippen LogP contribution in [0.2, 0.25) is 0 Å². The second-order valence-corrected chi connectivity index (χ2v) is 7.01. The van der Waals surface area contributed by atoms with Gasteiger partial charge in [-0.15, -0.1) is 10.2 Å².